The second-order valence-electron chi connectivity index (χ2n) is 5.70. The molecule has 26 heavy (non-hydrogen) atoms. The van der Waals surface area contributed by atoms with E-state index < -0.39 is 5.69 Å². The van der Waals surface area contributed by atoms with E-state index in [2.05, 4.69) is 20.3 Å². The van der Waals surface area contributed by atoms with Gasteiger partial charge in [0.15, 0.2) is 5.65 Å². The summed E-state index contributed by atoms with van der Waals surface area (Å²) in [5.74, 6) is 0.381. The minimum Gasteiger partial charge on any atom is -0.422 e. The van der Waals surface area contributed by atoms with Gasteiger partial charge >= 0.3 is 5.69 Å². The first-order chi connectivity index (χ1) is 12.7. The smallest absolute Gasteiger partial charge is 0.384 e. The van der Waals surface area contributed by atoms with Gasteiger partial charge in [0.2, 0.25) is 0 Å². The lowest BCUT2D eigenvalue weighted by Crippen LogP contribution is -2.23. The zero-order chi connectivity index (χ0) is 17.9. The molecule has 1 aromatic carbocycles. The predicted octanol–water partition coefficient (Wildman–Crippen LogP) is 2.70. The number of nitrogens with zero attached hydrogens (tertiary/aromatic N) is 4. The molecule has 0 atom stereocenters. The molecule has 0 aliphatic heterocycles. The Hall–Kier alpha value is -3.74. The summed E-state index contributed by atoms with van der Waals surface area (Å²) >= 11 is 0. The van der Waals surface area contributed by atoms with Crippen molar-refractivity contribution >= 4 is 16.9 Å². The standard InChI is InChI=1S/C19H15N5O2/c25-19-23-17(15-7-4-10-21-18(15)24(19)26)22-12-13-5-3-6-14(11-13)16-8-1-2-9-20-16/h1-11,26H,12H2,(H,22,23,25). The maximum Gasteiger partial charge on any atom is 0.384 e. The van der Waals surface area contributed by atoms with E-state index in [9.17, 15) is 10.0 Å². The van der Waals surface area contributed by atoms with Gasteiger partial charge in [0.1, 0.15) is 5.82 Å². The fourth-order valence-electron chi connectivity index (χ4n) is 2.74. The van der Waals surface area contributed by atoms with Crippen LogP contribution in [0, 0.1) is 0 Å². The summed E-state index contributed by atoms with van der Waals surface area (Å²) in [5.41, 5.74) is 2.30. The van der Waals surface area contributed by atoms with E-state index in [-0.39, 0.29) is 5.65 Å². The number of hydrogen-bond acceptors (Lipinski definition) is 6. The number of fused-ring (bicyclic) bond motifs is 1. The van der Waals surface area contributed by atoms with E-state index in [1.807, 2.05) is 42.5 Å². The van der Waals surface area contributed by atoms with Gasteiger partial charge in [-0.25, -0.2) is 9.78 Å². The summed E-state index contributed by atoms with van der Waals surface area (Å²) in [7, 11) is 0. The van der Waals surface area contributed by atoms with Crippen LogP contribution in [-0.2, 0) is 6.54 Å². The average Bonchev–Trinajstić information content (AvgIpc) is 2.70. The quantitative estimate of drug-likeness (QED) is 0.553. The van der Waals surface area contributed by atoms with Crippen LogP contribution in [0.25, 0.3) is 22.3 Å². The lowest BCUT2D eigenvalue weighted by Gasteiger charge is -2.10. The van der Waals surface area contributed by atoms with Crippen LogP contribution in [0.3, 0.4) is 0 Å². The molecule has 0 spiro atoms. The van der Waals surface area contributed by atoms with Crippen LogP contribution in [0.5, 0.6) is 0 Å². The van der Waals surface area contributed by atoms with Crippen molar-refractivity contribution in [3.05, 3.63) is 83.0 Å². The Morgan fingerprint density at radius 1 is 1.00 bits per heavy atom. The van der Waals surface area contributed by atoms with Crippen molar-refractivity contribution in [2.45, 2.75) is 6.54 Å². The normalized spacial score (nSPS) is 10.8. The van der Waals surface area contributed by atoms with Gasteiger partial charge in [-0.05, 0) is 35.9 Å². The Balaban J connectivity index is 1.64. The number of aromatic nitrogens is 4. The molecule has 4 aromatic rings. The van der Waals surface area contributed by atoms with E-state index in [0.29, 0.717) is 22.5 Å². The molecule has 0 fully saturated rings. The Labute approximate surface area is 148 Å². The maximum atomic E-state index is 11.8. The van der Waals surface area contributed by atoms with Crippen molar-refractivity contribution in [2.24, 2.45) is 0 Å². The average molecular weight is 345 g/mol. The van der Waals surface area contributed by atoms with Gasteiger partial charge in [-0.15, -0.1) is 4.73 Å². The van der Waals surface area contributed by atoms with E-state index in [4.69, 9.17) is 0 Å². The summed E-state index contributed by atoms with van der Waals surface area (Å²) in [6.45, 7) is 0.465. The van der Waals surface area contributed by atoms with E-state index in [1.165, 1.54) is 6.20 Å². The van der Waals surface area contributed by atoms with Crippen LogP contribution in [0.15, 0.2) is 71.8 Å². The van der Waals surface area contributed by atoms with E-state index >= 15 is 0 Å². The van der Waals surface area contributed by atoms with E-state index in [1.54, 1.807) is 18.3 Å². The van der Waals surface area contributed by atoms with Crippen molar-refractivity contribution in [3.8, 4) is 11.3 Å². The number of pyridine rings is 2. The van der Waals surface area contributed by atoms with Crippen molar-refractivity contribution in [3.63, 3.8) is 0 Å². The van der Waals surface area contributed by atoms with Crippen molar-refractivity contribution in [1.29, 1.82) is 0 Å². The van der Waals surface area contributed by atoms with Crippen LogP contribution in [0.2, 0.25) is 0 Å². The second-order valence-corrected chi connectivity index (χ2v) is 5.70. The predicted molar refractivity (Wildman–Crippen MR) is 98.0 cm³/mol. The third-order valence-electron chi connectivity index (χ3n) is 3.98. The minimum atomic E-state index is -0.777. The molecule has 4 rings (SSSR count). The van der Waals surface area contributed by atoms with Crippen LogP contribution < -0.4 is 11.0 Å². The van der Waals surface area contributed by atoms with Crippen LogP contribution in [0.4, 0.5) is 5.82 Å². The summed E-state index contributed by atoms with van der Waals surface area (Å²) in [4.78, 5) is 24.1. The molecule has 7 nitrogen and oxygen atoms in total. The molecule has 0 saturated heterocycles. The SMILES string of the molecule is O=c1nc(NCc2cccc(-c3ccccn3)c2)c2cccnc2n1O. The Morgan fingerprint density at radius 2 is 1.88 bits per heavy atom. The van der Waals surface area contributed by atoms with Crippen molar-refractivity contribution in [1.82, 2.24) is 19.7 Å². The molecule has 0 unspecified atom stereocenters. The lowest BCUT2D eigenvalue weighted by atomic mass is 10.1. The van der Waals surface area contributed by atoms with Gasteiger partial charge in [-0.3, -0.25) is 4.98 Å². The maximum absolute atomic E-state index is 11.8. The van der Waals surface area contributed by atoms with Gasteiger partial charge in [0.05, 0.1) is 11.1 Å². The number of nitrogens with one attached hydrogen (secondary N) is 1. The monoisotopic (exact) mass is 345 g/mol. The van der Waals surface area contributed by atoms with Gasteiger partial charge in [-0.1, -0.05) is 24.3 Å². The van der Waals surface area contributed by atoms with Crippen molar-refractivity contribution < 1.29 is 5.21 Å². The zero-order valence-corrected chi connectivity index (χ0v) is 13.7. The Morgan fingerprint density at radius 3 is 2.73 bits per heavy atom. The topological polar surface area (TPSA) is 92.9 Å². The summed E-state index contributed by atoms with van der Waals surface area (Å²) < 4.78 is 0.447. The second kappa shape index (κ2) is 6.64. The molecule has 0 aliphatic carbocycles. The lowest BCUT2D eigenvalue weighted by molar-refractivity contribution is 0.182. The van der Waals surface area contributed by atoms with Gasteiger partial charge in [-0.2, -0.15) is 4.98 Å². The van der Waals surface area contributed by atoms with Crippen LogP contribution in [-0.4, -0.2) is 24.9 Å². The largest absolute Gasteiger partial charge is 0.422 e. The molecule has 7 heteroatoms. The van der Waals surface area contributed by atoms with E-state index in [0.717, 1.165) is 16.8 Å². The molecule has 0 saturated carbocycles. The highest BCUT2D eigenvalue weighted by molar-refractivity contribution is 5.86. The highest BCUT2D eigenvalue weighted by Crippen LogP contribution is 2.20. The molecule has 0 bridgehead atoms. The Kier molecular flexibility index (Phi) is 4.03. The molecule has 128 valence electrons. The zero-order valence-electron chi connectivity index (χ0n) is 13.7. The highest BCUT2D eigenvalue weighted by atomic mass is 16.5. The first-order valence-corrected chi connectivity index (χ1v) is 8.03. The van der Waals surface area contributed by atoms with Gasteiger partial charge < -0.3 is 10.5 Å². The molecule has 0 radical (unpaired) electrons. The summed E-state index contributed by atoms with van der Waals surface area (Å²) in [6, 6.07) is 17.2. The third kappa shape index (κ3) is 2.98. The fourth-order valence-corrected chi connectivity index (χ4v) is 2.74. The van der Waals surface area contributed by atoms with Crippen LogP contribution in [0.1, 0.15) is 5.56 Å². The Bertz CT molecular complexity index is 1130. The third-order valence-corrected chi connectivity index (χ3v) is 3.98. The molecular formula is C19H15N5O2. The molecule has 2 N–H and O–H groups in total. The number of rotatable bonds is 4. The van der Waals surface area contributed by atoms with Crippen LogP contribution >= 0.6 is 0 Å². The molecule has 0 amide bonds. The summed E-state index contributed by atoms with van der Waals surface area (Å²) in [6.07, 6.45) is 3.27. The fraction of sp³-hybridized carbons (Fsp3) is 0.0526. The van der Waals surface area contributed by atoms with Gasteiger partial charge in [0, 0.05) is 24.5 Å². The number of benzene rings is 1. The number of hydrogen-bond donors (Lipinski definition) is 2. The van der Waals surface area contributed by atoms with Gasteiger partial charge in [0.25, 0.3) is 0 Å². The molecule has 3 heterocycles. The molecule has 0 aliphatic rings. The molecular weight excluding hydrogens is 330 g/mol. The molecule has 3 aromatic heterocycles. The number of anilines is 1. The first-order valence-electron chi connectivity index (χ1n) is 8.03. The highest BCUT2D eigenvalue weighted by Gasteiger charge is 2.10. The summed E-state index contributed by atoms with van der Waals surface area (Å²) in [5, 5.41) is 13.5. The van der Waals surface area contributed by atoms with Crippen molar-refractivity contribution in [2.75, 3.05) is 5.32 Å². The first kappa shape index (κ1) is 15.8. The minimum absolute atomic E-state index is 0.164.